The molecule has 1 aliphatic carbocycles. The van der Waals surface area contributed by atoms with Crippen molar-refractivity contribution in [3.8, 4) is 0 Å². The number of hydrogen-bond acceptors (Lipinski definition) is 8. The number of nitrogens with zero attached hydrogens (tertiary/aromatic N) is 4. The molecule has 6 N–H and O–H groups in total. The van der Waals surface area contributed by atoms with Crippen LogP contribution in [0.4, 0.5) is 5.82 Å². The molecule has 1 aliphatic rings. The number of rotatable bonds is 9. The molecule has 0 radical (unpaired) electrons. The Morgan fingerprint density at radius 1 is 1.32 bits per heavy atom. The predicted molar refractivity (Wildman–Crippen MR) is 125 cm³/mol. The summed E-state index contributed by atoms with van der Waals surface area (Å²) in [4.78, 5) is 21.7. The van der Waals surface area contributed by atoms with Crippen LogP contribution in [-0.2, 0) is 12.8 Å². The number of amides is 1. The molecule has 3 rings (SSSR count). The van der Waals surface area contributed by atoms with E-state index in [9.17, 15) is 4.79 Å². The Bertz CT molecular complexity index is 945. The quantitative estimate of drug-likeness (QED) is 0.132. The van der Waals surface area contributed by atoms with Crippen molar-refractivity contribution in [3.05, 3.63) is 53.0 Å². The fourth-order valence-corrected chi connectivity index (χ4v) is 3.32. The van der Waals surface area contributed by atoms with Gasteiger partial charge in [0.25, 0.3) is 5.91 Å². The normalized spacial score (nSPS) is 14.0. The van der Waals surface area contributed by atoms with Gasteiger partial charge in [-0.1, -0.05) is 18.9 Å². The van der Waals surface area contributed by atoms with Crippen LogP contribution in [-0.4, -0.2) is 39.3 Å². The van der Waals surface area contributed by atoms with Crippen molar-refractivity contribution >= 4 is 30.4 Å². The van der Waals surface area contributed by atoms with E-state index >= 15 is 0 Å². The van der Waals surface area contributed by atoms with Crippen molar-refractivity contribution in [3.63, 3.8) is 0 Å². The lowest BCUT2D eigenvalue weighted by Crippen LogP contribution is -2.44. The number of nitrogens with two attached hydrogens (primary N) is 2. The number of nitrogens with one attached hydrogen (secondary N) is 2. The largest absolute Gasteiger partial charge is 0.321 e. The Kier molecular flexibility index (Phi) is 7.83. The number of hydrazone groups is 1. The maximum absolute atomic E-state index is 12.9. The smallest absolute Gasteiger partial charge is 0.275 e. The van der Waals surface area contributed by atoms with E-state index in [4.69, 9.17) is 11.7 Å². The molecular formula is C21H30N8OS. The van der Waals surface area contributed by atoms with E-state index in [0.29, 0.717) is 29.0 Å². The van der Waals surface area contributed by atoms with Gasteiger partial charge in [0.2, 0.25) is 0 Å². The minimum atomic E-state index is -0.319. The molecule has 0 atom stereocenters. The molecule has 2 aromatic rings. The first-order valence-electron chi connectivity index (χ1n) is 10.4. The van der Waals surface area contributed by atoms with Crippen LogP contribution >= 0.6 is 12.8 Å². The summed E-state index contributed by atoms with van der Waals surface area (Å²) >= 11 is 4.06. The Balaban J connectivity index is 1.78. The zero-order chi connectivity index (χ0) is 22.4. The first-order valence-corrected chi connectivity index (χ1v) is 10.8. The summed E-state index contributed by atoms with van der Waals surface area (Å²) in [5, 5.41) is 8.00. The predicted octanol–water partition coefficient (Wildman–Crippen LogP) is 1.86. The molecule has 1 fully saturated rings. The number of anilines is 1. The molecule has 0 unspecified atom stereocenters. The summed E-state index contributed by atoms with van der Waals surface area (Å²) in [6.45, 7) is 4.57. The highest BCUT2D eigenvalue weighted by atomic mass is 32.1. The number of thiol groups is 1. The van der Waals surface area contributed by atoms with Gasteiger partial charge in [-0.2, -0.15) is 5.10 Å². The molecule has 2 heterocycles. The summed E-state index contributed by atoms with van der Waals surface area (Å²) in [5.41, 5.74) is 3.14. The number of carbonyl (C=O) groups is 1. The molecule has 0 saturated heterocycles. The second-order valence-corrected chi connectivity index (χ2v) is 8.28. The molecule has 31 heavy (non-hydrogen) atoms. The minimum Gasteiger partial charge on any atom is -0.321 e. The van der Waals surface area contributed by atoms with Crippen LogP contribution in [0.5, 0.6) is 0 Å². The Hall–Kier alpha value is -2.69. The van der Waals surface area contributed by atoms with E-state index in [-0.39, 0.29) is 11.9 Å². The van der Waals surface area contributed by atoms with Crippen LogP contribution in [0.15, 0.2) is 35.6 Å². The lowest BCUT2D eigenvalue weighted by Gasteiger charge is -2.23. The van der Waals surface area contributed by atoms with Gasteiger partial charge >= 0.3 is 0 Å². The van der Waals surface area contributed by atoms with Gasteiger partial charge in [0, 0.05) is 18.8 Å². The van der Waals surface area contributed by atoms with Gasteiger partial charge in [-0.15, -0.1) is 0 Å². The molecule has 9 nitrogen and oxygen atoms in total. The van der Waals surface area contributed by atoms with Crippen LogP contribution in [0, 0.1) is 5.92 Å². The van der Waals surface area contributed by atoms with Crippen LogP contribution in [0.1, 0.15) is 54.0 Å². The zero-order valence-corrected chi connectivity index (χ0v) is 18.8. The van der Waals surface area contributed by atoms with Gasteiger partial charge in [0.1, 0.15) is 17.2 Å². The topological polar surface area (TPSA) is 135 Å². The molecule has 0 bridgehead atoms. The van der Waals surface area contributed by atoms with Gasteiger partial charge in [-0.25, -0.2) is 10.8 Å². The third kappa shape index (κ3) is 6.16. The maximum atomic E-state index is 12.9. The number of aromatic nitrogens is 2. The van der Waals surface area contributed by atoms with Crippen molar-refractivity contribution < 1.29 is 4.79 Å². The first-order chi connectivity index (χ1) is 14.9. The van der Waals surface area contributed by atoms with Gasteiger partial charge in [0.05, 0.1) is 0 Å². The molecular weight excluding hydrogens is 412 g/mol. The summed E-state index contributed by atoms with van der Waals surface area (Å²) in [7, 11) is 0. The Morgan fingerprint density at radius 3 is 2.74 bits per heavy atom. The fraction of sp³-hybridized carbons (Fsp3) is 0.429. The maximum Gasteiger partial charge on any atom is 0.275 e. The van der Waals surface area contributed by atoms with E-state index in [0.717, 1.165) is 24.9 Å². The number of hydrazine groups is 1. The second kappa shape index (κ2) is 10.6. The van der Waals surface area contributed by atoms with E-state index in [1.54, 1.807) is 24.4 Å². The van der Waals surface area contributed by atoms with Gasteiger partial charge < -0.3 is 11.2 Å². The van der Waals surface area contributed by atoms with Crippen molar-refractivity contribution in [2.75, 3.05) is 11.9 Å². The molecule has 166 valence electrons. The standard InChI is InChI=1S/C21H30N8OS/c1-13(2)29(23)20(28-22)17-4-3-5-19(26-17)27-21(30)18-11-16(10-14-6-7-14)15(12-24-18)8-9-25-31/h3-5,11-14,25,31H,6-10,22-23H2,1-2H3,(H,26,27,30)/b28-20-. The first kappa shape index (κ1) is 23.0. The molecule has 2 aromatic heterocycles. The van der Waals surface area contributed by atoms with Crippen molar-refractivity contribution in [1.29, 1.82) is 0 Å². The molecule has 0 aliphatic heterocycles. The van der Waals surface area contributed by atoms with Crippen molar-refractivity contribution in [2.24, 2.45) is 22.7 Å². The third-order valence-electron chi connectivity index (χ3n) is 5.17. The molecule has 10 heteroatoms. The van der Waals surface area contributed by atoms with Crippen LogP contribution in [0.3, 0.4) is 0 Å². The number of hydrogen-bond donors (Lipinski definition) is 5. The Morgan fingerprint density at radius 2 is 2.10 bits per heavy atom. The van der Waals surface area contributed by atoms with Gasteiger partial charge in [0.15, 0.2) is 5.84 Å². The number of amidine groups is 1. The molecule has 0 spiro atoms. The summed E-state index contributed by atoms with van der Waals surface area (Å²) in [6.07, 6.45) is 6.05. The van der Waals surface area contributed by atoms with Gasteiger partial charge in [-0.3, -0.25) is 19.5 Å². The van der Waals surface area contributed by atoms with E-state index in [1.807, 2.05) is 19.9 Å². The van der Waals surface area contributed by atoms with Crippen molar-refractivity contribution in [1.82, 2.24) is 19.7 Å². The highest BCUT2D eigenvalue weighted by Crippen LogP contribution is 2.33. The monoisotopic (exact) mass is 442 g/mol. The van der Waals surface area contributed by atoms with Crippen LogP contribution < -0.4 is 21.7 Å². The molecule has 0 aromatic carbocycles. The van der Waals surface area contributed by atoms with E-state index < -0.39 is 0 Å². The summed E-state index contributed by atoms with van der Waals surface area (Å²) < 4.78 is 2.86. The minimum absolute atomic E-state index is 0.0206. The highest BCUT2D eigenvalue weighted by Gasteiger charge is 2.24. The van der Waals surface area contributed by atoms with E-state index in [2.05, 4.69) is 37.9 Å². The Labute approximate surface area is 188 Å². The number of carbonyl (C=O) groups excluding carboxylic acids is 1. The second-order valence-electron chi connectivity index (χ2n) is 7.96. The number of pyridine rings is 2. The molecule has 1 saturated carbocycles. The lowest BCUT2D eigenvalue weighted by atomic mass is 10.0. The summed E-state index contributed by atoms with van der Waals surface area (Å²) in [5.74, 6) is 12.6. The third-order valence-corrected chi connectivity index (χ3v) is 5.39. The van der Waals surface area contributed by atoms with Gasteiger partial charge in [-0.05, 0) is 74.8 Å². The van der Waals surface area contributed by atoms with Crippen LogP contribution in [0.25, 0.3) is 0 Å². The zero-order valence-electron chi connectivity index (χ0n) is 17.9. The summed E-state index contributed by atoms with van der Waals surface area (Å²) in [6, 6.07) is 7.06. The fourth-order valence-electron chi connectivity index (χ4n) is 3.21. The van der Waals surface area contributed by atoms with Crippen LogP contribution in [0.2, 0.25) is 0 Å². The SMILES string of the molecule is CC(C)N(N)/C(=N\N)c1cccc(NC(=O)c2cc(CC3CC3)c(CCNS)cn2)n1. The average Bonchev–Trinajstić information content (AvgIpc) is 3.57. The lowest BCUT2D eigenvalue weighted by molar-refractivity contribution is 0.102. The molecule has 1 amide bonds. The van der Waals surface area contributed by atoms with Crippen molar-refractivity contribution in [2.45, 2.75) is 45.6 Å². The average molecular weight is 443 g/mol. The highest BCUT2D eigenvalue weighted by molar-refractivity contribution is 7.78. The van der Waals surface area contributed by atoms with E-state index in [1.165, 1.54) is 23.4 Å².